The van der Waals surface area contributed by atoms with Gasteiger partial charge in [0.15, 0.2) is 0 Å². The maximum absolute atomic E-state index is 13.1. The summed E-state index contributed by atoms with van der Waals surface area (Å²) in [7, 11) is 3.57. The number of rotatable bonds is 5. The van der Waals surface area contributed by atoms with Crippen molar-refractivity contribution in [2.45, 2.75) is 13.5 Å². The van der Waals surface area contributed by atoms with Crippen LogP contribution in [0.1, 0.15) is 11.3 Å². The molecule has 1 aliphatic heterocycles. The number of pyridine rings is 1. The van der Waals surface area contributed by atoms with Crippen LogP contribution in [0.15, 0.2) is 53.5 Å². The number of benzene rings is 1. The van der Waals surface area contributed by atoms with Gasteiger partial charge in [0.1, 0.15) is 0 Å². The predicted molar refractivity (Wildman–Crippen MR) is 114 cm³/mol. The minimum absolute atomic E-state index is 0.0676. The van der Waals surface area contributed by atoms with Crippen LogP contribution in [0, 0.1) is 6.92 Å². The molecule has 0 spiro atoms. The summed E-state index contributed by atoms with van der Waals surface area (Å²) in [6.45, 7) is 6.33. The van der Waals surface area contributed by atoms with Gasteiger partial charge in [0.05, 0.1) is 30.2 Å². The summed E-state index contributed by atoms with van der Waals surface area (Å²) in [5.74, 6) is 0.627. The molecule has 1 aromatic carbocycles. The fraction of sp³-hybridized carbons (Fsp3) is 0.364. The smallest absolute Gasteiger partial charge is 0.276 e. The molecule has 7 nitrogen and oxygen atoms in total. The Morgan fingerprint density at radius 2 is 1.72 bits per heavy atom. The molecule has 7 heteroatoms. The molecule has 4 rings (SSSR count). The van der Waals surface area contributed by atoms with Crippen LogP contribution < -0.4 is 15.2 Å². The third-order valence-corrected chi connectivity index (χ3v) is 5.72. The number of methoxy groups -OCH3 is 1. The van der Waals surface area contributed by atoms with Crippen LogP contribution in [0.4, 0.5) is 5.69 Å². The maximum Gasteiger partial charge on any atom is 0.276 e. The number of aromatic nitrogens is 3. The predicted octanol–water partition coefficient (Wildman–Crippen LogP) is 2.21. The zero-order chi connectivity index (χ0) is 20.4. The minimum Gasteiger partial charge on any atom is -0.481 e. The van der Waals surface area contributed by atoms with Crippen molar-refractivity contribution in [1.29, 1.82) is 0 Å². The molecule has 0 saturated carbocycles. The Morgan fingerprint density at radius 3 is 2.34 bits per heavy atom. The van der Waals surface area contributed by atoms with Crippen molar-refractivity contribution in [2.75, 3.05) is 38.2 Å². The van der Waals surface area contributed by atoms with Crippen LogP contribution in [0.5, 0.6) is 5.88 Å². The number of hydrogen-bond acceptors (Lipinski definition) is 5. The zero-order valence-electron chi connectivity index (χ0n) is 17.2. The quantitative estimate of drug-likeness (QED) is 0.665. The Morgan fingerprint density at radius 1 is 1.00 bits per heavy atom. The lowest BCUT2D eigenvalue weighted by molar-refractivity contribution is 0.248. The molecule has 3 heterocycles. The van der Waals surface area contributed by atoms with E-state index in [1.165, 1.54) is 0 Å². The van der Waals surface area contributed by atoms with Gasteiger partial charge >= 0.3 is 0 Å². The molecule has 0 unspecified atom stereocenters. The Balaban J connectivity index is 1.46. The van der Waals surface area contributed by atoms with Gasteiger partial charge in [-0.2, -0.15) is 0 Å². The molecule has 0 amide bonds. The van der Waals surface area contributed by atoms with Crippen molar-refractivity contribution in [3.05, 3.63) is 70.3 Å². The molecule has 0 bridgehead atoms. The van der Waals surface area contributed by atoms with E-state index in [1.54, 1.807) is 11.8 Å². The van der Waals surface area contributed by atoms with E-state index >= 15 is 0 Å². The van der Waals surface area contributed by atoms with Gasteiger partial charge in [0, 0.05) is 51.5 Å². The standard InChI is InChI=1S/C22H27N5O2/c1-17-20(22(28)27(24(17)2)18-7-5-4-6-8-18)16-25-11-13-26(14-12-25)19-9-10-21(29-3)23-15-19/h4-10,15H,11-14,16H2,1-3H3. The van der Waals surface area contributed by atoms with Crippen molar-refractivity contribution in [3.8, 4) is 11.6 Å². The lowest BCUT2D eigenvalue weighted by Crippen LogP contribution is -2.46. The Bertz CT molecular complexity index is 1020. The highest BCUT2D eigenvalue weighted by molar-refractivity contribution is 5.46. The first-order valence-electron chi connectivity index (χ1n) is 9.88. The Kier molecular flexibility index (Phi) is 5.40. The first-order chi connectivity index (χ1) is 14.1. The summed E-state index contributed by atoms with van der Waals surface area (Å²) in [5, 5.41) is 0. The molecule has 0 aliphatic carbocycles. The molecule has 29 heavy (non-hydrogen) atoms. The van der Waals surface area contributed by atoms with E-state index in [9.17, 15) is 4.79 Å². The second-order valence-electron chi connectivity index (χ2n) is 7.36. The average Bonchev–Trinajstić information content (AvgIpc) is 2.98. The normalized spacial score (nSPS) is 14.9. The van der Waals surface area contributed by atoms with Gasteiger partial charge in [-0.25, -0.2) is 9.67 Å². The Hall–Kier alpha value is -3.06. The molecule has 0 radical (unpaired) electrons. The highest BCUT2D eigenvalue weighted by Gasteiger charge is 2.22. The van der Waals surface area contributed by atoms with Crippen LogP contribution in [-0.2, 0) is 13.6 Å². The fourth-order valence-electron chi connectivity index (χ4n) is 3.87. The van der Waals surface area contributed by atoms with Gasteiger partial charge in [-0.15, -0.1) is 0 Å². The summed E-state index contributed by atoms with van der Waals surface area (Å²) >= 11 is 0. The fourth-order valence-corrected chi connectivity index (χ4v) is 3.87. The van der Waals surface area contributed by atoms with Crippen LogP contribution >= 0.6 is 0 Å². The van der Waals surface area contributed by atoms with Gasteiger partial charge in [-0.3, -0.25) is 14.4 Å². The maximum atomic E-state index is 13.1. The third kappa shape index (κ3) is 3.78. The zero-order valence-corrected chi connectivity index (χ0v) is 17.2. The second kappa shape index (κ2) is 8.13. The molecule has 2 aromatic heterocycles. The van der Waals surface area contributed by atoms with Gasteiger partial charge in [-0.05, 0) is 25.1 Å². The summed E-state index contributed by atoms with van der Waals surface area (Å²) in [5.41, 5.74) is 3.95. The van der Waals surface area contributed by atoms with E-state index in [-0.39, 0.29) is 5.56 Å². The number of piperazine rings is 1. The number of para-hydroxylation sites is 1. The van der Waals surface area contributed by atoms with Crippen molar-refractivity contribution >= 4 is 5.69 Å². The van der Waals surface area contributed by atoms with Crippen molar-refractivity contribution < 1.29 is 4.74 Å². The van der Waals surface area contributed by atoms with E-state index in [1.807, 2.05) is 67.3 Å². The number of hydrogen-bond donors (Lipinski definition) is 0. The molecular weight excluding hydrogens is 366 g/mol. The van der Waals surface area contributed by atoms with Gasteiger partial charge in [0.25, 0.3) is 5.56 Å². The topological polar surface area (TPSA) is 55.5 Å². The highest BCUT2D eigenvalue weighted by atomic mass is 16.5. The van der Waals surface area contributed by atoms with Crippen LogP contribution in [-0.4, -0.2) is 52.5 Å². The van der Waals surface area contributed by atoms with Gasteiger partial charge in [-0.1, -0.05) is 18.2 Å². The molecule has 0 atom stereocenters. The van der Waals surface area contributed by atoms with E-state index in [4.69, 9.17) is 4.74 Å². The molecule has 152 valence electrons. The first-order valence-corrected chi connectivity index (χ1v) is 9.88. The summed E-state index contributed by atoms with van der Waals surface area (Å²) < 4.78 is 8.84. The molecule has 1 fully saturated rings. The second-order valence-corrected chi connectivity index (χ2v) is 7.36. The number of anilines is 1. The van der Waals surface area contributed by atoms with Crippen LogP contribution in [0.2, 0.25) is 0 Å². The van der Waals surface area contributed by atoms with E-state index in [0.29, 0.717) is 12.4 Å². The molecule has 1 saturated heterocycles. The van der Waals surface area contributed by atoms with Crippen molar-refractivity contribution in [3.63, 3.8) is 0 Å². The van der Waals surface area contributed by atoms with E-state index in [2.05, 4.69) is 14.8 Å². The molecular formula is C22H27N5O2. The van der Waals surface area contributed by atoms with E-state index < -0.39 is 0 Å². The van der Waals surface area contributed by atoms with Crippen molar-refractivity contribution in [1.82, 2.24) is 19.2 Å². The average molecular weight is 393 g/mol. The molecule has 0 N–H and O–H groups in total. The van der Waals surface area contributed by atoms with Crippen molar-refractivity contribution in [2.24, 2.45) is 7.05 Å². The van der Waals surface area contributed by atoms with Crippen LogP contribution in [0.3, 0.4) is 0 Å². The van der Waals surface area contributed by atoms with Gasteiger partial charge in [0.2, 0.25) is 5.88 Å². The lowest BCUT2D eigenvalue weighted by atomic mass is 10.2. The van der Waals surface area contributed by atoms with Gasteiger partial charge < -0.3 is 9.64 Å². The van der Waals surface area contributed by atoms with E-state index in [0.717, 1.165) is 48.8 Å². The summed E-state index contributed by atoms with van der Waals surface area (Å²) in [6.07, 6.45) is 1.86. The largest absolute Gasteiger partial charge is 0.481 e. The Labute approximate surface area is 170 Å². The first kappa shape index (κ1) is 19.3. The minimum atomic E-state index is 0.0676. The number of ether oxygens (including phenoxy) is 1. The van der Waals surface area contributed by atoms with Crippen LogP contribution in [0.25, 0.3) is 5.69 Å². The SMILES string of the molecule is COc1ccc(N2CCN(Cc3c(C)n(C)n(-c4ccccc4)c3=O)CC2)cn1. The lowest BCUT2D eigenvalue weighted by Gasteiger charge is -2.35. The highest BCUT2D eigenvalue weighted by Crippen LogP contribution is 2.19. The molecule has 3 aromatic rings. The number of nitrogens with zero attached hydrogens (tertiary/aromatic N) is 5. The summed E-state index contributed by atoms with van der Waals surface area (Å²) in [4.78, 5) is 22.1. The molecule has 1 aliphatic rings. The monoisotopic (exact) mass is 393 g/mol. The third-order valence-electron chi connectivity index (χ3n) is 5.72. The summed E-state index contributed by atoms with van der Waals surface area (Å²) in [6, 6.07) is 13.7.